The number of hydrogen-bond donors (Lipinski definition) is 1. The number of methoxy groups -OCH3 is 1. The molecule has 0 saturated carbocycles. The van der Waals surface area contributed by atoms with Crippen molar-refractivity contribution in [3.05, 3.63) is 57.0 Å². The van der Waals surface area contributed by atoms with Crippen molar-refractivity contribution in [1.82, 2.24) is 14.9 Å². The Labute approximate surface area is 146 Å². The van der Waals surface area contributed by atoms with Crippen LogP contribution in [0.1, 0.15) is 22.4 Å². The van der Waals surface area contributed by atoms with Gasteiger partial charge < -0.3 is 9.72 Å². The predicted octanol–water partition coefficient (Wildman–Crippen LogP) is 2.38. The molecule has 0 amide bonds. The van der Waals surface area contributed by atoms with Crippen molar-refractivity contribution in [2.45, 2.75) is 30.8 Å². The van der Waals surface area contributed by atoms with Crippen molar-refractivity contribution in [3.8, 4) is 0 Å². The highest BCUT2D eigenvalue weighted by Crippen LogP contribution is 2.21. The van der Waals surface area contributed by atoms with E-state index in [0.29, 0.717) is 18.3 Å². The summed E-state index contributed by atoms with van der Waals surface area (Å²) >= 11 is 1.58. The lowest BCUT2D eigenvalue weighted by Gasteiger charge is -2.27. The Balaban J connectivity index is 1.69. The second-order valence-electron chi connectivity index (χ2n) is 6.09. The highest BCUT2D eigenvalue weighted by molar-refractivity contribution is 7.98. The van der Waals surface area contributed by atoms with Gasteiger partial charge in [-0.3, -0.25) is 9.69 Å². The zero-order chi connectivity index (χ0) is 16.9. The van der Waals surface area contributed by atoms with E-state index >= 15 is 0 Å². The van der Waals surface area contributed by atoms with Crippen LogP contribution < -0.4 is 5.56 Å². The molecule has 0 fully saturated rings. The van der Waals surface area contributed by atoms with Gasteiger partial charge in [-0.15, -0.1) is 0 Å². The second kappa shape index (κ2) is 7.96. The number of H-pyrrole nitrogens is 1. The van der Waals surface area contributed by atoms with E-state index in [-0.39, 0.29) is 5.56 Å². The molecule has 0 atom stereocenters. The Bertz CT molecular complexity index is 760. The first-order valence-electron chi connectivity index (χ1n) is 8.17. The lowest BCUT2D eigenvalue weighted by Crippen LogP contribution is -2.37. The van der Waals surface area contributed by atoms with Crippen molar-refractivity contribution in [2.75, 3.05) is 26.8 Å². The number of aromatic amines is 1. The first kappa shape index (κ1) is 17.2. The molecule has 1 N–H and O–H groups in total. The molecule has 128 valence electrons. The minimum atomic E-state index is -0.00569. The number of thioether (sulfide) groups is 1. The smallest absolute Gasteiger partial charge is 0.256 e. The Morgan fingerprint density at radius 3 is 3.08 bits per heavy atom. The Kier molecular flexibility index (Phi) is 5.71. The number of nitrogens with one attached hydrogen (secondary N) is 1. The fourth-order valence-corrected chi connectivity index (χ4v) is 3.71. The molecule has 2 heterocycles. The fraction of sp³-hybridized carbons (Fsp3) is 0.444. The van der Waals surface area contributed by atoms with Gasteiger partial charge in [0.1, 0.15) is 0 Å². The predicted molar refractivity (Wildman–Crippen MR) is 96.5 cm³/mol. The topological polar surface area (TPSA) is 58.2 Å². The largest absolute Gasteiger partial charge is 0.383 e. The van der Waals surface area contributed by atoms with Crippen LogP contribution in [0.15, 0.2) is 34.2 Å². The molecule has 0 radical (unpaired) electrons. The molecular formula is C18H23N3O2S. The van der Waals surface area contributed by atoms with Gasteiger partial charge in [-0.05, 0) is 12.5 Å². The third-order valence-corrected chi connectivity index (χ3v) is 5.14. The van der Waals surface area contributed by atoms with E-state index in [4.69, 9.17) is 4.74 Å². The third kappa shape index (κ3) is 4.26. The quantitative estimate of drug-likeness (QED) is 0.643. The lowest BCUT2D eigenvalue weighted by molar-refractivity contribution is 0.139. The van der Waals surface area contributed by atoms with Gasteiger partial charge in [0.25, 0.3) is 5.56 Å². The lowest BCUT2D eigenvalue weighted by atomic mass is 10.1. The molecule has 24 heavy (non-hydrogen) atoms. The first-order valence-corrected chi connectivity index (χ1v) is 9.16. The molecular weight excluding hydrogens is 322 g/mol. The highest BCUT2D eigenvalue weighted by Gasteiger charge is 2.20. The molecule has 0 bridgehead atoms. The molecule has 1 aliphatic heterocycles. The molecule has 0 aliphatic carbocycles. The number of benzene rings is 1. The van der Waals surface area contributed by atoms with E-state index in [2.05, 4.69) is 46.1 Å². The van der Waals surface area contributed by atoms with E-state index in [9.17, 15) is 4.79 Å². The Hall–Kier alpha value is -1.63. The van der Waals surface area contributed by atoms with Crippen LogP contribution in [-0.2, 0) is 23.5 Å². The summed E-state index contributed by atoms with van der Waals surface area (Å²) in [6.45, 7) is 5.20. The SMILES string of the molecule is COCCN1CCc2nc(SCc3cccc(C)c3)[nH]c(=O)c2C1. The number of aryl methyl sites for hydroxylation is 1. The first-order chi connectivity index (χ1) is 11.7. The fourth-order valence-electron chi connectivity index (χ4n) is 2.89. The minimum absolute atomic E-state index is 0.00569. The van der Waals surface area contributed by atoms with Crippen molar-refractivity contribution < 1.29 is 4.74 Å². The number of ether oxygens (including phenoxy) is 1. The van der Waals surface area contributed by atoms with Crippen LogP contribution in [0.5, 0.6) is 0 Å². The normalized spacial score (nSPS) is 14.6. The summed E-state index contributed by atoms with van der Waals surface area (Å²) in [5.74, 6) is 0.809. The van der Waals surface area contributed by atoms with Crippen LogP contribution in [0, 0.1) is 6.92 Å². The summed E-state index contributed by atoms with van der Waals surface area (Å²) in [5.41, 5.74) is 4.23. The number of fused-ring (bicyclic) bond motifs is 1. The molecule has 0 saturated heterocycles. The summed E-state index contributed by atoms with van der Waals surface area (Å²) in [4.78, 5) is 22.3. The average molecular weight is 345 g/mol. The van der Waals surface area contributed by atoms with Crippen molar-refractivity contribution >= 4 is 11.8 Å². The average Bonchev–Trinajstić information content (AvgIpc) is 2.58. The van der Waals surface area contributed by atoms with Crippen LogP contribution in [0.3, 0.4) is 0 Å². The van der Waals surface area contributed by atoms with E-state index < -0.39 is 0 Å². The molecule has 0 unspecified atom stereocenters. The highest BCUT2D eigenvalue weighted by atomic mass is 32.2. The summed E-state index contributed by atoms with van der Waals surface area (Å²) in [6.07, 6.45) is 0.820. The molecule has 0 spiro atoms. The number of aromatic nitrogens is 2. The standard InChI is InChI=1S/C18H23N3O2S/c1-13-4-3-5-14(10-13)12-24-18-19-16-6-7-21(8-9-23-2)11-15(16)17(22)20-18/h3-5,10H,6-9,11-12H2,1-2H3,(H,19,20,22). The van der Waals surface area contributed by atoms with Gasteiger partial charge in [-0.2, -0.15) is 0 Å². The van der Waals surface area contributed by atoms with Crippen LogP contribution in [0.2, 0.25) is 0 Å². The van der Waals surface area contributed by atoms with E-state index in [0.717, 1.165) is 36.5 Å². The van der Waals surface area contributed by atoms with Gasteiger partial charge in [0.15, 0.2) is 5.16 Å². The van der Waals surface area contributed by atoms with Gasteiger partial charge >= 0.3 is 0 Å². The summed E-state index contributed by atoms with van der Waals surface area (Å²) in [5, 5.41) is 0.714. The minimum Gasteiger partial charge on any atom is -0.383 e. The van der Waals surface area contributed by atoms with Gasteiger partial charge in [-0.1, -0.05) is 41.6 Å². The monoisotopic (exact) mass is 345 g/mol. The molecule has 1 aromatic heterocycles. The van der Waals surface area contributed by atoms with E-state index in [1.165, 1.54) is 11.1 Å². The number of nitrogens with zero attached hydrogens (tertiary/aromatic N) is 2. The van der Waals surface area contributed by atoms with Gasteiger partial charge in [0, 0.05) is 38.9 Å². The zero-order valence-electron chi connectivity index (χ0n) is 14.2. The van der Waals surface area contributed by atoms with Crippen molar-refractivity contribution in [3.63, 3.8) is 0 Å². The maximum atomic E-state index is 12.4. The van der Waals surface area contributed by atoms with Gasteiger partial charge in [0.2, 0.25) is 0 Å². The van der Waals surface area contributed by atoms with Crippen molar-refractivity contribution in [2.24, 2.45) is 0 Å². The summed E-state index contributed by atoms with van der Waals surface area (Å²) in [7, 11) is 1.70. The van der Waals surface area contributed by atoms with E-state index in [1.807, 2.05) is 0 Å². The molecule has 5 nitrogen and oxygen atoms in total. The van der Waals surface area contributed by atoms with Crippen LogP contribution in [0.4, 0.5) is 0 Å². The second-order valence-corrected chi connectivity index (χ2v) is 7.06. The number of hydrogen-bond acceptors (Lipinski definition) is 5. The zero-order valence-corrected chi connectivity index (χ0v) is 15.0. The molecule has 3 rings (SSSR count). The van der Waals surface area contributed by atoms with Crippen LogP contribution >= 0.6 is 11.8 Å². The Morgan fingerprint density at radius 1 is 1.42 bits per heavy atom. The molecule has 1 aromatic carbocycles. The Morgan fingerprint density at radius 2 is 2.29 bits per heavy atom. The van der Waals surface area contributed by atoms with Crippen molar-refractivity contribution in [1.29, 1.82) is 0 Å². The third-order valence-electron chi connectivity index (χ3n) is 4.20. The molecule has 1 aliphatic rings. The van der Waals surface area contributed by atoms with Gasteiger partial charge in [0.05, 0.1) is 17.9 Å². The van der Waals surface area contributed by atoms with E-state index in [1.54, 1.807) is 18.9 Å². The summed E-state index contributed by atoms with van der Waals surface area (Å²) in [6, 6.07) is 8.41. The summed E-state index contributed by atoms with van der Waals surface area (Å²) < 4.78 is 5.12. The maximum Gasteiger partial charge on any atom is 0.256 e. The molecule has 2 aromatic rings. The van der Waals surface area contributed by atoms with Crippen LogP contribution in [0.25, 0.3) is 0 Å². The van der Waals surface area contributed by atoms with Crippen LogP contribution in [-0.4, -0.2) is 41.7 Å². The molecule has 6 heteroatoms. The van der Waals surface area contributed by atoms with Gasteiger partial charge in [-0.25, -0.2) is 4.98 Å². The maximum absolute atomic E-state index is 12.4. The number of rotatable bonds is 6.